The van der Waals surface area contributed by atoms with Gasteiger partial charge in [-0.25, -0.2) is 4.79 Å². The van der Waals surface area contributed by atoms with E-state index in [1.807, 2.05) is 18.2 Å². The molecule has 0 spiro atoms. The molecule has 0 aliphatic carbocycles. The molecule has 16 heavy (non-hydrogen) atoms. The SMILES string of the molecule is CCC(CO)Cc1ccc2[nH]c(=O)[nH]c2c1. The monoisotopic (exact) mass is 220 g/mol. The normalized spacial score (nSPS) is 13.1. The molecule has 0 saturated carbocycles. The Morgan fingerprint density at radius 1 is 1.31 bits per heavy atom. The van der Waals surface area contributed by atoms with Gasteiger partial charge in [0.05, 0.1) is 11.0 Å². The number of aromatic amines is 2. The molecule has 0 radical (unpaired) electrons. The lowest BCUT2D eigenvalue weighted by Gasteiger charge is -2.10. The summed E-state index contributed by atoms with van der Waals surface area (Å²) >= 11 is 0. The first kappa shape index (κ1) is 11.0. The maximum Gasteiger partial charge on any atom is 0.323 e. The molecule has 0 saturated heterocycles. The van der Waals surface area contributed by atoms with Crippen molar-refractivity contribution in [1.82, 2.24) is 9.97 Å². The fourth-order valence-electron chi connectivity index (χ4n) is 1.88. The molecule has 1 aromatic carbocycles. The minimum Gasteiger partial charge on any atom is -0.396 e. The summed E-state index contributed by atoms with van der Waals surface area (Å²) in [5.74, 6) is 0.295. The van der Waals surface area contributed by atoms with Crippen LogP contribution in [0.25, 0.3) is 11.0 Å². The maximum absolute atomic E-state index is 11.1. The highest BCUT2D eigenvalue weighted by Crippen LogP contribution is 2.15. The minimum atomic E-state index is -0.179. The van der Waals surface area contributed by atoms with Crippen molar-refractivity contribution in [2.24, 2.45) is 5.92 Å². The van der Waals surface area contributed by atoms with E-state index in [-0.39, 0.29) is 12.3 Å². The first-order chi connectivity index (χ1) is 7.72. The fourth-order valence-corrected chi connectivity index (χ4v) is 1.88. The Balaban J connectivity index is 2.28. The van der Waals surface area contributed by atoms with Gasteiger partial charge in [0.15, 0.2) is 0 Å². The van der Waals surface area contributed by atoms with Crippen LogP contribution in [0.5, 0.6) is 0 Å². The minimum absolute atomic E-state index is 0.179. The first-order valence-corrected chi connectivity index (χ1v) is 5.54. The fraction of sp³-hybridized carbons (Fsp3) is 0.417. The third-order valence-corrected chi connectivity index (χ3v) is 2.94. The van der Waals surface area contributed by atoms with E-state index in [0.717, 1.165) is 29.4 Å². The number of aliphatic hydroxyl groups excluding tert-OH is 1. The van der Waals surface area contributed by atoms with E-state index in [2.05, 4.69) is 16.9 Å². The summed E-state index contributed by atoms with van der Waals surface area (Å²) in [5, 5.41) is 9.14. The van der Waals surface area contributed by atoms with E-state index >= 15 is 0 Å². The second kappa shape index (κ2) is 4.53. The maximum atomic E-state index is 11.1. The smallest absolute Gasteiger partial charge is 0.323 e. The Kier molecular flexibility index (Phi) is 3.10. The second-order valence-electron chi connectivity index (χ2n) is 4.12. The van der Waals surface area contributed by atoms with Crippen molar-refractivity contribution in [1.29, 1.82) is 0 Å². The molecule has 1 aromatic heterocycles. The van der Waals surface area contributed by atoms with E-state index in [4.69, 9.17) is 5.11 Å². The summed E-state index contributed by atoms with van der Waals surface area (Å²) in [6.07, 6.45) is 1.80. The number of nitrogens with one attached hydrogen (secondary N) is 2. The third kappa shape index (κ3) is 2.17. The Bertz CT molecular complexity index is 523. The van der Waals surface area contributed by atoms with Crippen molar-refractivity contribution in [3.05, 3.63) is 34.2 Å². The molecule has 2 aromatic rings. The number of rotatable bonds is 4. The number of H-pyrrole nitrogens is 2. The molecule has 1 unspecified atom stereocenters. The quantitative estimate of drug-likeness (QED) is 0.729. The van der Waals surface area contributed by atoms with Crippen LogP contribution < -0.4 is 5.69 Å². The van der Waals surface area contributed by atoms with Gasteiger partial charge in [-0.05, 0) is 30.0 Å². The number of fused-ring (bicyclic) bond motifs is 1. The molecule has 86 valence electrons. The molecule has 1 heterocycles. The number of benzene rings is 1. The Morgan fingerprint density at radius 3 is 2.75 bits per heavy atom. The molecule has 1 atom stereocenters. The van der Waals surface area contributed by atoms with Crippen LogP contribution in [0.3, 0.4) is 0 Å². The van der Waals surface area contributed by atoms with Crippen LogP contribution in [-0.2, 0) is 6.42 Å². The van der Waals surface area contributed by atoms with Crippen molar-refractivity contribution in [2.75, 3.05) is 6.61 Å². The Hall–Kier alpha value is -1.55. The van der Waals surface area contributed by atoms with Crippen LogP contribution in [0.15, 0.2) is 23.0 Å². The molecule has 0 aliphatic rings. The molecule has 4 heteroatoms. The number of hydrogen-bond acceptors (Lipinski definition) is 2. The lowest BCUT2D eigenvalue weighted by atomic mass is 9.97. The topological polar surface area (TPSA) is 68.9 Å². The summed E-state index contributed by atoms with van der Waals surface area (Å²) in [5.41, 5.74) is 2.62. The van der Waals surface area contributed by atoms with Gasteiger partial charge in [0.25, 0.3) is 0 Å². The van der Waals surface area contributed by atoms with Gasteiger partial charge in [0.2, 0.25) is 0 Å². The number of hydrogen-bond donors (Lipinski definition) is 3. The van der Waals surface area contributed by atoms with Gasteiger partial charge < -0.3 is 15.1 Å². The van der Waals surface area contributed by atoms with Gasteiger partial charge in [-0.15, -0.1) is 0 Å². The molecule has 4 nitrogen and oxygen atoms in total. The van der Waals surface area contributed by atoms with Crippen LogP contribution in [0.2, 0.25) is 0 Å². The number of aromatic nitrogens is 2. The van der Waals surface area contributed by atoms with Gasteiger partial charge in [-0.2, -0.15) is 0 Å². The zero-order chi connectivity index (χ0) is 11.5. The van der Waals surface area contributed by atoms with Gasteiger partial charge in [-0.3, -0.25) is 0 Å². The average molecular weight is 220 g/mol. The first-order valence-electron chi connectivity index (χ1n) is 5.54. The van der Waals surface area contributed by atoms with Crippen LogP contribution in [0.1, 0.15) is 18.9 Å². The van der Waals surface area contributed by atoms with Crippen LogP contribution in [0.4, 0.5) is 0 Å². The predicted molar refractivity (Wildman–Crippen MR) is 63.5 cm³/mol. The summed E-state index contributed by atoms with van der Waals surface area (Å²) < 4.78 is 0. The van der Waals surface area contributed by atoms with Gasteiger partial charge in [0.1, 0.15) is 0 Å². The molecule has 0 amide bonds. The van der Waals surface area contributed by atoms with Crippen LogP contribution in [0, 0.1) is 5.92 Å². The second-order valence-corrected chi connectivity index (χ2v) is 4.12. The standard InChI is InChI=1S/C12H16N2O2/c1-2-8(7-15)5-9-3-4-10-11(6-9)14-12(16)13-10/h3-4,6,8,15H,2,5,7H2,1H3,(H2,13,14,16). The highest BCUT2D eigenvalue weighted by molar-refractivity contribution is 5.74. The van der Waals surface area contributed by atoms with Gasteiger partial charge in [0, 0.05) is 6.61 Å². The zero-order valence-electron chi connectivity index (χ0n) is 9.29. The molecular formula is C12H16N2O2. The Labute approximate surface area is 93.3 Å². The highest BCUT2D eigenvalue weighted by atomic mass is 16.3. The Morgan fingerprint density at radius 2 is 2.06 bits per heavy atom. The highest BCUT2D eigenvalue weighted by Gasteiger charge is 2.07. The van der Waals surface area contributed by atoms with Crippen molar-refractivity contribution in [2.45, 2.75) is 19.8 Å². The molecule has 0 aliphatic heterocycles. The molecule has 0 fully saturated rings. The van der Waals surface area contributed by atoms with E-state index in [9.17, 15) is 4.79 Å². The largest absolute Gasteiger partial charge is 0.396 e. The molecule has 0 bridgehead atoms. The van der Waals surface area contributed by atoms with Crippen molar-refractivity contribution < 1.29 is 5.11 Å². The lowest BCUT2D eigenvalue weighted by molar-refractivity contribution is 0.222. The van der Waals surface area contributed by atoms with Gasteiger partial charge >= 0.3 is 5.69 Å². The number of imidazole rings is 1. The van der Waals surface area contributed by atoms with Gasteiger partial charge in [-0.1, -0.05) is 19.4 Å². The average Bonchev–Trinajstić information content (AvgIpc) is 2.65. The lowest BCUT2D eigenvalue weighted by Crippen LogP contribution is -2.07. The third-order valence-electron chi connectivity index (χ3n) is 2.94. The predicted octanol–water partition coefficient (Wildman–Crippen LogP) is 1.42. The zero-order valence-corrected chi connectivity index (χ0v) is 9.29. The van der Waals surface area contributed by atoms with Crippen molar-refractivity contribution in [3.63, 3.8) is 0 Å². The van der Waals surface area contributed by atoms with E-state index in [1.54, 1.807) is 0 Å². The van der Waals surface area contributed by atoms with E-state index < -0.39 is 0 Å². The van der Waals surface area contributed by atoms with Crippen molar-refractivity contribution in [3.8, 4) is 0 Å². The summed E-state index contributed by atoms with van der Waals surface area (Å²) in [6, 6.07) is 5.85. The molecule has 3 N–H and O–H groups in total. The summed E-state index contributed by atoms with van der Waals surface area (Å²) in [7, 11) is 0. The van der Waals surface area contributed by atoms with E-state index in [0.29, 0.717) is 5.92 Å². The molecule has 2 rings (SSSR count). The summed E-state index contributed by atoms with van der Waals surface area (Å²) in [4.78, 5) is 16.5. The number of aliphatic hydroxyl groups is 1. The van der Waals surface area contributed by atoms with Crippen LogP contribution >= 0.6 is 0 Å². The van der Waals surface area contributed by atoms with E-state index in [1.165, 1.54) is 0 Å². The molecular weight excluding hydrogens is 204 g/mol. The van der Waals surface area contributed by atoms with Crippen molar-refractivity contribution >= 4 is 11.0 Å². The van der Waals surface area contributed by atoms with Crippen LogP contribution in [-0.4, -0.2) is 21.7 Å². The summed E-state index contributed by atoms with van der Waals surface area (Å²) in [6.45, 7) is 2.27.